The van der Waals surface area contributed by atoms with Crippen LogP contribution in [0, 0.1) is 0 Å². The van der Waals surface area contributed by atoms with Gasteiger partial charge in [-0.05, 0) is 48.4 Å². The maximum atomic E-state index is 13.6. The van der Waals surface area contributed by atoms with Crippen LogP contribution in [-0.2, 0) is 27.5 Å². The molecule has 0 bridgehead atoms. The third kappa shape index (κ3) is 6.00. The van der Waals surface area contributed by atoms with Crippen LogP contribution < -0.4 is 5.32 Å². The Morgan fingerprint density at radius 2 is 1.64 bits per heavy atom. The first-order chi connectivity index (χ1) is 15.5. The number of hydrogen-bond donors (Lipinski definition) is 1. The number of alkyl halides is 3. The van der Waals surface area contributed by atoms with Gasteiger partial charge in [0, 0.05) is 25.2 Å². The van der Waals surface area contributed by atoms with Gasteiger partial charge in [-0.2, -0.15) is 17.5 Å². The number of benzene rings is 3. The van der Waals surface area contributed by atoms with Crippen LogP contribution in [0.15, 0.2) is 83.8 Å². The molecule has 1 atom stereocenters. The number of nitrogens with zero attached hydrogens (tertiary/aromatic N) is 1. The molecule has 0 saturated heterocycles. The number of rotatable bonds is 7. The molecule has 5 nitrogen and oxygen atoms in total. The lowest BCUT2D eigenvalue weighted by atomic mass is 10.1. The van der Waals surface area contributed by atoms with Gasteiger partial charge in [-0.3, -0.25) is 4.79 Å². The van der Waals surface area contributed by atoms with E-state index < -0.39 is 32.7 Å². The smallest absolute Gasteiger partial charge is 0.326 e. The first kappa shape index (κ1) is 24.5. The third-order valence-electron chi connectivity index (χ3n) is 5.07. The topological polar surface area (TPSA) is 66.5 Å². The molecular weight excluding hydrogens is 453 g/mol. The summed E-state index contributed by atoms with van der Waals surface area (Å²) in [5.41, 5.74) is 0.706. The lowest BCUT2D eigenvalue weighted by Gasteiger charge is -2.29. The van der Waals surface area contributed by atoms with Crippen LogP contribution in [0.25, 0.3) is 0 Å². The van der Waals surface area contributed by atoms with E-state index >= 15 is 0 Å². The summed E-state index contributed by atoms with van der Waals surface area (Å²) < 4.78 is 68.0. The van der Waals surface area contributed by atoms with Crippen molar-refractivity contribution in [3.05, 3.63) is 95.6 Å². The Labute approximate surface area is 190 Å². The van der Waals surface area contributed by atoms with E-state index in [-0.39, 0.29) is 12.5 Å². The van der Waals surface area contributed by atoms with E-state index in [1.807, 2.05) is 0 Å². The second-order valence-corrected chi connectivity index (χ2v) is 9.43. The van der Waals surface area contributed by atoms with E-state index in [1.165, 1.54) is 6.92 Å². The minimum atomic E-state index is -4.67. The number of sulfonamides is 1. The van der Waals surface area contributed by atoms with Gasteiger partial charge in [-0.25, -0.2) is 8.42 Å². The highest BCUT2D eigenvalue weighted by molar-refractivity contribution is 7.89. The summed E-state index contributed by atoms with van der Waals surface area (Å²) in [6.45, 7) is 2.96. The highest BCUT2D eigenvalue weighted by atomic mass is 32.2. The summed E-state index contributed by atoms with van der Waals surface area (Å²) in [4.78, 5) is 11.0. The first-order valence-electron chi connectivity index (χ1n) is 10.1. The molecule has 0 unspecified atom stereocenters. The Morgan fingerprint density at radius 1 is 0.970 bits per heavy atom. The van der Waals surface area contributed by atoms with Gasteiger partial charge < -0.3 is 5.32 Å². The Hall–Kier alpha value is -3.17. The second-order valence-electron chi connectivity index (χ2n) is 7.54. The predicted octanol–water partition coefficient (Wildman–Crippen LogP) is 5.62. The predicted molar refractivity (Wildman–Crippen MR) is 120 cm³/mol. The minimum absolute atomic E-state index is 0.0506. The first-order valence-corrected chi connectivity index (χ1v) is 11.5. The van der Waals surface area contributed by atoms with Crippen LogP contribution in [0.1, 0.15) is 36.6 Å². The molecule has 33 heavy (non-hydrogen) atoms. The van der Waals surface area contributed by atoms with Gasteiger partial charge in [0.25, 0.3) is 0 Å². The summed E-state index contributed by atoms with van der Waals surface area (Å²) >= 11 is 0. The van der Waals surface area contributed by atoms with Crippen LogP contribution in [-0.4, -0.2) is 18.6 Å². The zero-order chi connectivity index (χ0) is 24.2. The van der Waals surface area contributed by atoms with Crippen molar-refractivity contribution in [1.82, 2.24) is 4.31 Å². The Bertz CT molecular complexity index is 1230. The minimum Gasteiger partial charge on any atom is -0.326 e. The fourth-order valence-electron chi connectivity index (χ4n) is 3.41. The molecule has 1 amide bonds. The third-order valence-corrected chi connectivity index (χ3v) is 6.98. The molecule has 0 aliphatic rings. The van der Waals surface area contributed by atoms with E-state index in [0.717, 1.165) is 22.5 Å². The van der Waals surface area contributed by atoms with Crippen molar-refractivity contribution in [2.45, 2.75) is 37.5 Å². The number of amides is 1. The average molecular weight is 477 g/mol. The van der Waals surface area contributed by atoms with E-state index in [0.29, 0.717) is 22.9 Å². The van der Waals surface area contributed by atoms with Gasteiger partial charge >= 0.3 is 6.18 Å². The zero-order valence-corrected chi connectivity index (χ0v) is 18.8. The maximum absolute atomic E-state index is 13.6. The largest absolute Gasteiger partial charge is 0.416 e. The Kier molecular flexibility index (Phi) is 7.24. The van der Waals surface area contributed by atoms with Crippen molar-refractivity contribution >= 4 is 21.6 Å². The fourth-order valence-corrected chi connectivity index (χ4v) is 5.06. The van der Waals surface area contributed by atoms with Gasteiger partial charge in [-0.1, -0.05) is 48.5 Å². The average Bonchev–Trinajstić information content (AvgIpc) is 2.77. The van der Waals surface area contributed by atoms with E-state index in [2.05, 4.69) is 5.32 Å². The van der Waals surface area contributed by atoms with Crippen LogP contribution in [0.3, 0.4) is 0 Å². The SMILES string of the molecule is CC(=O)Nc1cccc([C@H](C)N(Cc2ccccc2)S(=O)(=O)c2cccc(C(F)(F)F)c2)c1. The monoisotopic (exact) mass is 476 g/mol. The normalized spacial score (nSPS) is 13.0. The number of carbonyl (C=O) groups is 1. The van der Waals surface area contributed by atoms with Crippen LogP contribution in [0.2, 0.25) is 0 Å². The molecular formula is C24H23F3N2O3S. The summed E-state index contributed by atoms with van der Waals surface area (Å²) in [6, 6.07) is 18.5. The van der Waals surface area contributed by atoms with Crippen molar-refractivity contribution in [2.75, 3.05) is 5.32 Å². The number of hydrogen-bond acceptors (Lipinski definition) is 3. The molecule has 1 N–H and O–H groups in total. The number of nitrogens with one attached hydrogen (secondary N) is 1. The molecule has 0 aliphatic carbocycles. The quantitative estimate of drug-likeness (QED) is 0.482. The summed E-state index contributed by atoms with van der Waals surface area (Å²) in [6.07, 6.45) is -4.67. The van der Waals surface area contributed by atoms with Crippen LogP contribution >= 0.6 is 0 Å². The molecule has 3 rings (SSSR count). The van der Waals surface area contributed by atoms with Crippen molar-refractivity contribution < 1.29 is 26.4 Å². The summed E-state index contributed by atoms with van der Waals surface area (Å²) in [7, 11) is -4.32. The molecule has 0 fully saturated rings. The second kappa shape index (κ2) is 9.76. The molecule has 174 valence electrons. The molecule has 0 aromatic heterocycles. The number of carbonyl (C=O) groups excluding carboxylic acids is 1. The van der Waals surface area contributed by atoms with Gasteiger partial charge in [0.1, 0.15) is 0 Å². The molecule has 0 heterocycles. The lowest BCUT2D eigenvalue weighted by Crippen LogP contribution is -2.33. The highest BCUT2D eigenvalue weighted by Crippen LogP contribution is 2.34. The molecule has 0 aliphatic heterocycles. The fraction of sp³-hybridized carbons (Fsp3) is 0.208. The van der Waals surface area contributed by atoms with Crippen LogP contribution in [0.5, 0.6) is 0 Å². The van der Waals surface area contributed by atoms with E-state index in [4.69, 9.17) is 0 Å². The maximum Gasteiger partial charge on any atom is 0.416 e. The van der Waals surface area contributed by atoms with Crippen LogP contribution in [0.4, 0.5) is 18.9 Å². The molecule has 0 spiro atoms. The van der Waals surface area contributed by atoms with Crippen molar-refractivity contribution in [2.24, 2.45) is 0 Å². The van der Waals surface area contributed by atoms with Crippen molar-refractivity contribution in [3.8, 4) is 0 Å². The molecule has 3 aromatic rings. The van der Waals surface area contributed by atoms with E-state index in [9.17, 15) is 26.4 Å². The lowest BCUT2D eigenvalue weighted by molar-refractivity contribution is -0.137. The van der Waals surface area contributed by atoms with Gasteiger partial charge in [0.2, 0.25) is 15.9 Å². The molecule has 3 aromatic carbocycles. The van der Waals surface area contributed by atoms with Gasteiger partial charge in [0.05, 0.1) is 10.5 Å². The molecule has 0 saturated carbocycles. The Morgan fingerprint density at radius 3 is 2.27 bits per heavy atom. The summed E-state index contributed by atoms with van der Waals surface area (Å²) in [5, 5.41) is 2.65. The van der Waals surface area contributed by atoms with Crippen molar-refractivity contribution in [1.29, 1.82) is 0 Å². The van der Waals surface area contributed by atoms with Crippen molar-refractivity contribution in [3.63, 3.8) is 0 Å². The Balaban J connectivity index is 2.07. The van der Waals surface area contributed by atoms with E-state index in [1.54, 1.807) is 61.5 Å². The van der Waals surface area contributed by atoms with Gasteiger partial charge in [0.15, 0.2) is 0 Å². The zero-order valence-electron chi connectivity index (χ0n) is 18.0. The number of anilines is 1. The molecule has 0 radical (unpaired) electrons. The summed E-state index contributed by atoms with van der Waals surface area (Å²) in [5.74, 6) is -0.280. The highest BCUT2D eigenvalue weighted by Gasteiger charge is 2.34. The molecule has 9 heteroatoms. The standard InChI is InChI=1S/C24H23F3N2O3S/c1-17(20-10-6-12-22(14-20)28-18(2)30)29(16-19-8-4-3-5-9-19)33(31,32)23-13-7-11-21(15-23)24(25,26)27/h3-15,17H,16H2,1-2H3,(H,28,30)/t17-/m0/s1. The number of halogens is 3. The van der Waals surface area contributed by atoms with Gasteiger partial charge in [-0.15, -0.1) is 0 Å².